The van der Waals surface area contributed by atoms with Crippen LogP contribution in [0.5, 0.6) is 0 Å². The third-order valence-electron chi connectivity index (χ3n) is 0.173. The number of carbonyl (C=O) groups is 1. The molecule has 0 atom stereocenters. The molecule has 0 aromatic carbocycles. The Hall–Kier alpha value is -0.370. The molecule has 0 fully saturated rings. The van der Waals surface area contributed by atoms with E-state index in [-0.39, 0.29) is 0 Å². The molecule has 0 heterocycles. The first-order valence-corrected chi connectivity index (χ1v) is 1.46. The largest absolute Gasteiger partial charge is 0.280 e. The van der Waals surface area contributed by atoms with Crippen molar-refractivity contribution in [2.75, 3.05) is 0 Å². The highest BCUT2D eigenvalue weighted by atomic mass is 35.5. The molecule has 0 aliphatic carbocycles. The van der Waals surface area contributed by atoms with E-state index < -0.39 is 17.6 Å². The number of hydrogen-bond donors (Lipinski definition) is 0. The van der Waals surface area contributed by atoms with E-state index >= 15 is 0 Å². The van der Waals surface area contributed by atoms with Crippen molar-refractivity contribution in [3.05, 3.63) is 12.4 Å². The molecule has 34 valence electrons. The molecule has 0 aromatic rings. The number of halogens is 2. The van der Waals surface area contributed by atoms with Crippen molar-refractivity contribution >= 4 is 16.8 Å². The van der Waals surface area contributed by atoms with Gasteiger partial charge in [0.15, 0.2) is 5.83 Å². The van der Waals surface area contributed by atoms with E-state index in [1.165, 1.54) is 0 Å². The first kappa shape index (κ1) is 2.75. The average Bonchev–Trinajstić information content (AvgIpc) is 1.64. The maximum atomic E-state index is 11.7. The first-order valence-electron chi connectivity index (χ1n) is 2.08. The fraction of sp³-hybridized carbons (Fsp3) is 0. The van der Waals surface area contributed by atoms with E-state index in [1.54, 1.807) is 0 Å². The van der Waals surface area contributed by atoms with Crippen LogP contribution in [-0.2, 0) is 4.79 Å². The third-order valence-corrected chi connectivity index (χ3v) is 0.338. The van der Waals surface area contributed by atoms with Crippen LogP contribution in [0.4, 0.5) is 4.39 Å². The lowest BCUT2D eigenvalue weighted by Gasteiger charge is -1.72. The molecule has 0 rings (SSSR count). The van der Waals surface area contributed by atoms with Gasteiger partial charge in [0.2, 0.25) is 0 Å². The van der Waals surface area contributed by atoms with Crippen molar-refractivity contribution in [3.63, 3.8) is 0 Å². The summed E-state index contributed by atoms with van der Waals surface area (Å²) in [5.74, 6) is -1.52. The maximum Gasteiger partial charge on any atom is 0.280 e. The van der Waals surface area contributed by atoms with E-state index in [2.05, 4.69) is 11.6 Å². The highest BCUT2D eigenvalue weighted by molar-refractivity contribution is 6.67. The van der Waals surface area contributed by atoms with Crippen LogP contribution in [0, 0.1) is 0 Å². The smallest absolute Gasteiger partial charge is 0.273 e. The molecule has 0 aliphatic heterocycles. The summed E-state index contributed by atoms with van der Waals surface area (Å²) in [6.45, 7) is -1.19. The first-order chi connectivity index (χ1) is 3.55. The minimum atomic E-state index is -1.52. The van der Waals surface area contributed by atoms with Gasteiger partial charge in [-0.3, -0.25) is 4.79 Å². The predicted octanol–water partition coefficient (Wildman–Crippen LogP) is 1.24. The minimum Gasteiger partial charge on any atom is -0.273 e. The second-order valence-electron chi connectivity index (χ2n) is 0.588. The van der Waals surface area contributed by atoms with Crippen molar-refractivity contribution in [3.8, 4) is 0 Å². The van der Waals surface area contributed by atoms with Gasteiger partial charge in [-0.05, 0) is 11.6 Å². The standard InChI is InChI=1S/C3H2ClFO/c1-2(5)3(4)6/h1H2/i1D2. The quantitative estimate of drug-likeness (QED) is 0.367. The highest BCUT2D eigenvalue weighted by Gasteiger charge is 1.95. The van der Waals surface area contributed by atoms with Gasteiger partial charge >= 0.3 is 0 Å². The Morgan fingerprint density at radius 3 is 2.67 bits per heavy atom. The van der Waals surface area contributed by atoms with Crippen LogP contribution in [0.1, 0.15) is 2.74 Å². The lowest BCUT2D eigenvalue weighted by Crippen LogP contribution is -1.79. The molecule has 0 amide bonds. The van der Waals surface area contributed by atoms with Crippen LogP contribution in [-0.4, -0.2) is 5.24 Å². The molecule has 0 saturated carbocycles. The zero-order valence-electron chi connectivity index (χ0n) is 4.66. The topological polar surface area (TPSA) is 17.1 Å². The van der Waals surface area contributed by atoms with Gasteiger partial charge in [0.25, 0.3) is 5.24 Å². The summed E-state index contributed by atoms with van der Waals surface area (Å²) in [6.07, 6.45) is 0. The van der Waals surface area contributed by atoms with Crippen molar-refractivity contribution in [2.24, 2.45) is 0 Å². The van der Waals surface area contributed by atoms with Gasteiger partial charge in [0.05, 0.1) is 2.74 Å². The molecule has 0 aliphatic rings. The zero-order valence-corrected chi connectivity index (χ0v) is 3.42. The van der Waals surface area contributed by atoms with Crippen molar-refractivity contribution in [2.45, 2.75) is 0 Å². The predicted molar refractivity (Wildman–Crippen MR) is 21.1 cm³/mol. The Morgan fingerprint density at radius 1 is 2.17 bits per heavy atom. The molecule has 3 heteroatoms. The van der Waals surface area contributed by atoms with Gasteiger partial charge in [-0.2, -0.15) is 0 Å². The van der Waals surface area contributed by atoms with Gasteiger partial charge in [-0.1, -0.05) is 6.53 Å². The van der Waals surface area contributed by atoms with Crippen LogP contribution < -0.4 is 0 Å². The number of carbonyl (C=O) groups excluding carboxylic acids is 1. The van der Waals surface area contributed by atoms with Gasteiger partial charge < -0.3 is 0 Å². The van der Waals surface area contributed by atoms with E-state index in [9.17, 15) is 9.18 Å². The average molecular weight is 111 g/mol. The molecular formula is C3H2ClFO. The minimum absolute atomic E-state index is 1.19. The summed E-state index contributed by atoms with van der Waals surface area (Å²) >= 11 is 4.51. The lowest BCUT2D eigenvalue weighted by molar-refractivity contribution is -0.109. The Morgan fingerprint density at radius 2 is 2.67 bits per heavy atom. The molecule has 0 saturated heterocycles. The van der Waals surface area contributed by atoms with E-state index in [1.807, 2.05) is 0 Å². The van der Waals surface area contributed by atoms with E-state index in [4.69, 9.17) is 2.74 Å². The molecule has 1 nitrogen and oxygen atoms in total. The van der Waals surface area contributed by atoms with Gasteiger partial charge in [0.1, 0.15) is 0 Å². The molecule has 0 aromatic heterocycles. The second kappa shape index (κ2) is 1.92. The molecule has 0 radical (unpaired) electrons. The Bertz CT molecular complexity index is 140. The second-order valence-corrected chi connectivity index (χ2v) is 0.931. The SMILES string of the molecule is [2H]C([2H])=C(F)C(=O)Cl. The highest BCUT2D eigenvalue weighted by Crippen LogP contribution is 1.94. The Balaban J connectivity index is 4.23. The van der Waals surface area contributed by atoms with Crippen LogP contribution in [0.3, 0.4) is 0 Å². The molecule has 0 N–H and O–H groups in total. The number of hydrogen-bond acceptors (Lipinski definition) is 1. The summed E-state index contributed by atoms with van der Waals surface area (Å²) in [5.41, 5.74) is 0. The monoisotopic (exact) mass is 110 g/mol. The van der Waals surface area contributed by atoms with Crippen LogP contribution >= 0.6 is 11.6 Å². The van der Waals surface area contributed by atoms with Gasteiger partial charge in [-0.15, -0.1) is 0 Å². The third kappa shape index (κ3) is 1.91. The number of rotatable bonds is 1. The summed E-state index contributed by atoms with van der Waals surface area (Å²) in [4.78, 5) is 9.68. The zero-order chi connectivity index (χ0) is 6.73. The Labute approximate surface area is 42.2 Å². The normalized spacial score (nSPS) is 11.7. The molecule has 0 bridgehead atoms. The molecule has 6 heavy (non-hydrogen) atoms. The van der Waals surface area contributed by atoms with Crippen LogP contribution in [0.15, 0.2) is 12.4 Å². The summed E-state index contributed by atoms with van der Waals surface area (Å²) < 4.78 is 24.0. The van der Waals surface area contributed by atoms with E-state index in [0.29, 0.717) is 0 Å². The molecular weight excluding hydrogens is 106 g/mol. The van der Waals surface area contributed by atoms with Crippen molar-refractivity contribution in [1.82, 2.24) is 0 Å². The van der Waals surface area contributed by atoms with Crippen molar-refractivity contribution in [1.29, 1.82) is 0 Å². The molecule has 0 spiro atoms. The summed E-state index contributed by atoms with van der Waals surface area (Å²) in [5, 5.41) is -1.40. The maximum absolute atomic E-state index is 11.7. The number of allylic oxidation sites excluding steroid dienone is 1. The molecule has 0 unspecified atom stereocenters. The summed E-state index contributed by atoms with van der Waals surface area (Å²) in [6, 6.07) is 0. The Kier molecular flexibility index (Phi) is 0.881. The van der Waals surface area contributed by atoms with Gasteiger partial charge in [0, 0.05) is 0 Å². The van der Waals surface area contributed by atoms with Crippen LogP contribution in [0.2, 0.25) is 0 Å². The fourth-order valence-electron chi connectivity index (χ4n) is 0. The van der Waals surface area contributed by atoms with E-state index in [0.717, 1.165) is 0 Å². The lowest BCUT2D eigenvalue weighted by atomic mass is 10.7. The van der Waals surface area contributed by atoms with Crippen molar-refractivity contribution < 1.29 is 11.9 Å². The summed E-state index contributed by atoms with van der Waals surface area (Å²) in [7, 11) is 0. The van der Waals surface area contributed by atoms with Gasteiger partial charge in [-0.25, -0.2) is 4.39 Å². The van der Waals surface area contributed by atoms with Crippen LogP contribution in [0.25, 0.3) is 0 Å². The fourth-order valence-corrected chi connectivity index (χ4v) is 0.